The molecule has 2 atom stereocenters. The van der Waals surface area contributed by atoms with Crippen molar-refractivity contribution in [1.29, 1.82) is 0 Å². The first-order valence-corrected chi connectivity index (χ1v) is 9.92. The Balaban J connectivity index is 2.34. The van der Waals surface area contributed by atoms with Crippen molar-refractivity contribution in [1.82, 2.24) is 0 Å². The van der Waals surface area contributed by atoms with Crippen LogP contribution in [0.15, 0.2) is 4.90 Å². The smallest absolute Gasteiger partial charge is 0.180 e. The van der Waals surface area contributed by atoms with Crippen LogP contribution in [0, 0.1) is 5.92 Å². The van der Waals surface area contributed by atoms with E-state index in [-0.39, 0.29) is 16.4 Å². The highest BCUT2D eigenvalue weighted by molar-refractivity contribution is 7.91. The van der Waals surface area contributed by atoms with E-state index < -0.39 is 9.84 Å². The molecule has 1 aliphatic rings. The molecule has 0 saturated heterocycles. The van der Waals surface area contributed by atoms with Gasteiger partial charge in [-0.3, -0.25) is 4.79 Å². The third kappa shape index (κ3) is 3.40. The van der Waals surface area contributed by atoms with Gasteiger partial charge in [0.05, 0.1) is 10.6 Å². The minimum Gasteiger partial charge on any atom is -0.396 e. The zero-order valence-corrected chi connectivity index (χ0v) is 14.2. The van der Waals surface area contributed by atoms with Gasteiger partial charge in [-0.05, 0) is 18.8 Å². The van der Waals surface area contributed by atoms with Crippen molar-refractivity contribution in [3.8, 4) is 0 Å². The number of ketones is 1. The molecule has 1 heterocycles. The molecule has 7 heteroatoms. The Bertz CT molecular complexity index is 649. The molecule has 21 heavy (non-hydrogen) atoms. The number of hydrogen-bond acceptors (Lipinski definition) is 6. The van der Waals surface area contributed by atoms with Crippen LogP contribution in [0.25, 0.3) is 0 Å². The first-order valence-electron chi connectivity index (χ1n) is 7.21. The Kier molecular flexibility index (Phi) is 4.63. The van der Waals surface area contributed by atoms with Crippen LogP contribution in [0.4, 0.5) is 10.7 Å². The maximum absolute atomic E-state index is 12.0. The lowest BCUT2D eigenvalue weighted by molar-refractivity contribution is 0.0992. The number of sulfone groups is 1. The van der Waals surface area contributed by atoms with E-state index >= 15 is 0 Å². The molecule has 2 rings (SSSR count). The minimum absolute atomic E-state index is 0.0893. The zero-order chi connectivity index (χ0) is 15.8. The lowest BCUT2D eigenvalue weighted by Gasteiger charge is -2.06. The maximum Gasteiger partial charge on any atom is 0.180 e. The highest BCUT2D eigenvalue weighted by Gasteiger charge is 2.38. The predicted molar refractivity (Wildman–Crippen MR) is 86.9 cm³/mol. The molecular weight excluding hydrogens is 308 g/mol. The summed E-state index contributed by atoms with van der Waals surface area (Å²) in [6, 6.07) is 0.299. The average Bonchev–Trinajstić information content (AvgIpc) is 3.01. The molecule has 1 saturated carbocycles. The topological polar surface area (TPSA) is 89.3 Å². The van der Waals surface area contributed by atoms with Crippen LogP contribution in [0.1, 0.15) is 49.2 Å². The van der Waals surface area contributed by atoms with E-state index in [1.165, 1.54) is 11.3 Å². The molecule has 0 aliphatic heterocycles. The molecule has 1 aromatic heterocycles. The molecule has 5 nitrogen and oxygen atoms in total. The molecular formula is C14H22N2O3S2. The van der Waals surface area contributed by atoms with Gasteiger partial charge < -0.3 is 11.1 Å². The van der Waals surface area contributed by atoms with Gasteiger partial charge in [0, 0.05) is 18.7 Å². The molecule has 0 radical (unpaired) electrons. The molecule has 2 unspecified atom stereocenters. The van der Waals surface area contributed by atoms with Crippen molar-refractivity contribution in [3.63, 3.8) is 0 Å². The second-order valence-electron chi connectivity index (χ2n) is 5.59. The molecule has 3 N–H and O–H groups in total. The molecule has 0 bridgehead atoms. The molecule has 0 amide bonds. The molecule has 1 fully saturated rings. The van der Waals surface area contributed by atoms with Gasteiger partial charge >= 0.3 is 0 Å². The standard InChI is InChI=1S/C14H22N2O3S2/c1-4-6-8-7-9(8)16-14-13(21(3,18)19)11(15)12(20-14)10(17)5-2/h8-9,16H,4-7,15H2,1-3H3. The molecule has 0 aromatic carbocycles. The Morgan fingerprint density at radius 3 is 2.62 bits per heavy atom. The van der Waals surface area contributed by atoms with Crippen LogP contribution in [-0.4, -0.2) is 26.5 Å². The zero-order valence-electron chi connectivity index (χ0n) is 12.6. The summed E-state index contributed by atoms with van der Waals surface area (Å²) in [4.78, 5) is 12.3. The lowest BCUT2D eigenvalue weighted by Crippen LogP contribution is -2.09. The Morgan fingerprint density at radius 1 is 1.43 bits per heavy atom. The predicted octanol–water partition coefficient (Wildman–Crippen LogP) is 2.93. The van der Waals surface area contributed by atoms with Crippen LogP contribution >= 0.6 is 11.3 Å². The van der Waals surface area contributed by atoms with Gasteiger partial charge in [0.25, 0.3) is 0 Å². The lowest BCUT2D eigenvalue weighted by atomic mass is 10.2. The van der Waals surface area contributed by atoms with E-state index in [0.717, 1.165) is 25.5 Å². The Labute approximate surface area is 129 Å². The van der Waals surface area contributed by atoms with Crippen LogP contribution in [0.3, 0.4) is 0 Å². The number of anilines is 2. The fourth-order valence-electron chi connectivity index (χ4n) is 2.54. The van der Waals surface area contributed by atoms with Crippen molar-refractivity contribution in [3.05, 3.63) is 4.88 Å². The minimum atomic E-state index is -3.46. The second-order valence-corrected chi connectivity index (χ2v) is 8.56. The molecule has 1 aliphatic carbocycles. The van der Waals surface area contributed by atoms with Crippen LogP contribution < -0.4 is 11.1 Å². The van der Waals surface area contributed by atoms with Gasteiger partial charge in [-0.2, -0.15) is 0 Å². The first-order chi connectivity index (χ1) is 9.79. The van der Waals surface area contributed by atoms with Crippen molar-refractivity contribution in [2.75, 3.05) is 17.3 Å². The third-order valence-electron chi connectivity index (χ3n) is 3.74. The number of nitrogens with two attached hydrogens (primary N) is 1. The van der Waals surface area contributed by atoms with Crippen molar-refractivity contribution >= 4 is 37.6 Å². The summed E-state index contributed by atoms with van der Waals surface area (Å²) in [5, 5.41) is 3.80. The summed E-state index contributed by atoms with van der Waals surface area (Å²) >= 11 is 1.17. The monoisotopic (exact) mass is 330 g/mol. The summed E-state index contributed by atoms with van der Waals surface area (Å²) in [5.41, 5.74) is 6.03. The van der Waals surface area contributed by atoms with Crippen LogP contribution in [0.5, 0.6) is 0 Å². The van der Waals surface area contributed by atoms with E-state index in [9.17, 15) is 13.2 Å². The maximum atomic E-state index is 12.0. The highest BCUT2D eigenvalue weighted by atomic mass is 32.2. The second kappa shape index (κ2) is 5.96. The first kappa shape index (κ1) is 16.3. The summed E-state index contributed by atoms with van der Waals surface area (Å²) < 4.78 is 24.0. The summed E-state index contributed by atoms with van der Waals surface area (Å²) in [5.74, 6) is 0.479. The summed E-state index contributed by atoms with van der Waals surface area (Å²) in [7, 11) is -3.46. The van der Waals surface area contributed by atoms with Gasteiger partial charge in [-0.15, -0.1) is 11.3 Å². The summed E-state index contributed by atoms with van der Waals surface area (Å²) in [6.45, 7) is 3.88. The van der Waals surface area contributed by atoms with E-state index in [4.69, 9.17) is 5.73 Å². The van der Waals surface area contributed by atoms with Gasteiger partial charge in [-0.25, -0.2) is 8.42 Å². The molecule has 118 valence electrons. The average molecular weight is 330 g/mol. The van der Waals surface area contributed by atoms with Crippen molar-refractivity contribution < 1.29 is 13.2 Å². The molecule has 0 spiro atoms. The number of hydrogen-bond donors (Lipinski definition) is 2. The SMILES string of the molecule is CCCC1CC1Nc1sc(C(=O)CC)c(N)c1S(C)(=O)=O. The normalized spacial score (nSPS) is 21.3. The van der Waals surface area contributed by atoms with Crippen LogP contribution in [0.2, 0.25) is 0 Å². The fourth-order valence-corrected chi connectivity index (χ4v) is 5.17. The quantitative estimate of drug-likeness (QED) is 0.750. The number of carbonyl (C=O) groups is 1. The van der Waals surface area contributed by atoms with Gasteiger partial charge in [-0.1, -0.05) is 20.3 Å². The van der Waals surface area contributed by atoms with Crippen LogP contribution in [-0.2, 0) is 9.84 Å². The van der Waals surface area contributed by atoms with Crippen molar-refractivity contribution in [2.24, 2.45) is 5.92 Å². The third-order valence-corrected chi connectivity index (χ3v) is 6.22. The summed E-state index contributed by atoms with van der Waals surface area (Å²) in [6.07, 6.45) is 4.75. The largest absolute Gasteiger partial charge is 0.396 e. The molecule has 1 aromatic rings. The number of nitrogens with one attached hydrogen (secondary N) is 1. The Hall–Kier alpha value is -1.08. The number of nitrogen functional groups attached to an aromatic ring is 1. The highest BCUT2D eigenvalue weighted by Crippen LogP contribution is 2.44. The number of rotatable bonds is 7. The number of Topliss-reactive ketones (excluding diaryl/α,β-unsaturated/α-hetero) is 1. The Morgan fingerprint density at radius 2 is 2.10 bits per heavy atom. The van der Waals surface area contributed by atoms with Crippen molar-refractivity contribution in [2.45, 2.75) is 50.5 Å². The van der Waals surface area contributed by atoms with E-state index in [2.05, 4.69) is 12.2 Å². The van der Waals surface area contributed by atoms with E-state index in [1.807, 2.05) is 0 Å². The van der Waals surface area contributed by atoms with E-state index in [1.54, 1.807) is 6.92 Å². The van der Waals surface area contributed by atoms with Gasteiger partial charge in [0.1, 0.15) is 9.90 Å². The number of carbonyl (C=O) groups excluding carboxylic acids is 1. The van der Waals surface area contributed by atoms with Gasteiger partial charge in [0.2, 0.25) is 0 Å². The van der Waals surface area contributed by atoms with Gasteiger partial charge in [0.15, 0.2) is 15.6 Å². The number of thiophene rings is 1. The van der Waals surface area contributed by atoms with E-state index in [0.29, 0.717) is 28.3 Å². The fraction of sp³-hybridized carbons (Fsp3) is 0.643.